The van der Waals surface area contributed by atoms with Gasteiger partial charge in [-0.1, -0.05) is 12.1 Å². The molecule has 1 atom stereocenters. The molecule has 0 aromatic heterocycles. The molecule has 20 heavy (non-hydrogen) atoms. The molecule has 1 unspecified atom stereocenters. The van der Waals surface area contributed by atoms with Crippen LogP contribution in [0.25, 0.3) is 0 Å². The zero-order valence-electron chi connectivity index (χ0n) is 11.8. The molecule has 2 aliphatic heterocycles. The van der Waals surface area contributed by atoms with Gasteiger partial charge in [-0.05, 0) is 30.7 Å². The first-order chi connectivity index (χ1) is 9.31. The fourth-order valence-electron chi connectivity index (χ4n) is 3.15. The lowest BCUT2D eigenvalue weighted by Crippen LogP contribution is -2.50. The molecule has 112 valence electrons. The maximum Gasteiger partial charge on any atom is 0.115 e. The molecule has 0 saturated carbocycles. The van der Waals surface area contributed by atoms with E-state index < -0.39 is 0 Å². The molecule has 4 nitrogen and oxygen atoms in total. The highest BCUT2D eigenvalue weighted by atomic mass is 35.5. The molecule has 0 spiro atoms. The number of phenolic OH excluding ortho intramolecular Hbond substituents is 1. The molecule has 0 radical (unpaired) electrons. The largest absolute Gasteiger partial charge is 0.508 e. The minimum Gasteiger partial charge on any atom is -0.508 e. The third-order valence-electron chi connectivity index (χ3n) is 4.27. The van der Waals surface area contributed by atoms with Gasteiger partial charge in [0.2, 0.25) is 0 Å². The second kappa shape index (κ2) is 7.27. The Morgan fingerprint density at radius 2 is 2.00 bits per heavy atom. The van der Waals surface area contributed by atoms with Gasteiger partial charge in [-0.2, -0.15) is 0 Å². The van der Waals surface area contributed by atoms with Crippen molar-refractivity contribution in [2.24, 2.45) is 0 Å². The van der Waals surface area contributed by atoms with Gasteiger partial charge in [-0.25, -0.2) is 0 Å². The number of phenols is 1. The zero-order valence-corrected chi connectivity index (χ0v) is 12.6. The summed E-state index contributed by atoms with van der Waals surface area (Å²) in [5.41, 5.74) is 1.20. The van der Waals surface area contributed by atoms with Gasteiger partial charge >= 0.3 is 0 Å². The van der Waals surface area contributed by atoms with E-state index >= 15 is 0 Å². The Bertz CT molecular complexity index is 415. The van der Waals surface area contributed by atoms with Crippen LogP contribution >= 0.6 is 12.4 Å². The lowest BCUT2D eigenvalue weighted by atomic mass is 10.1. The van der Waals surface area contributed by atoms with Gasteiger partial charge in [0.1, 0.15) is 5.75 Å². The molecule has 0 aliphatic carbocycles. The molecule has 1 aromatic rings. The van der Waals surface area contributed by atoms with Crippen LogP contribution in [0.2, 0.25) is 0 Å². The van der Waals surface area contributed by atoms with Gasteiger partial charge in [0.25, 0.3) is 0 Å². The summed E-state index contributed by atoms with van der Waals surface area (Å²) in [6.45, 7) is 7.89. The highest BCUT2D eigenvalue weighted by molar-refractivity contribution is 5.85. The zero-order chi connectivity index (χ0) is 13.1. The molecule has 2 aliphatic rings. The average molecular weight is 298 g/mol. The van der Waals surface area contributed by atoms with Crippen LogP contribution in [-0.2, 0) is 6.54 Å². The maximum atomic E-state index is 9.49. The van der Waals surface area contributed by atoms with Crippen molar-refractivity contribution in [1.29, 1.82) is 0 Å². The molecular formula is C15H24ClN3O. The summed E-state index contributed by atoms with van der Waals surface area (Å²) in [4.78, 5) is 5.10. The standard InChI is InChI=1S/C15H23N3O.ClH/c19-15-3-1-2-13(10-15)12-17-6-8-18(9-7-17)14-4-5-16-11-14;/h1-3,10,14,16,19H,4-9,11-12H2;1H. The first kappa shape index (κ1) is 15.6. The van der Waals surface area contributed by atoms with Crippen LogP contribution in [0.5, 0.6) is 5.75 Å². The lowest BCUT2D eigenvalue weighted by Gasteiger charge is -2.37. The van der Waals surface area contributed by atoms with E-state index in [2.05, 4.69) is 21.2 Å². The van der Waals surface area contributed by atoms with E-state index in [0.717, 1.165) is 32.2 Å². The van der Waals surface area contributed by atoms with Crippen LogP contribution in [0.1, 0.15) is 12.0 Å². The van der Waals surface area contributed by atoms with Crippen molar-refractivity contribution in [3.63, 3.8) is 0 Å². The average Bonchev–Trinajstić information content (AvgIpc) is 2.94. The number of hydrogen-bond acceptors (Lipinski definition) is 4. The number of halogens is 1. The summed E-state index contributed by atoms with van der Waals surface area (Å²) in [6.07, 6.45) is 1.30. The van der Waals surface area contributed by atoms with Crippen molar-refractivity contribution < 1.29 is 5.11 Å². The number of benzene rings is 1. The second-order valence-corrected chi connectivity index (χ2v) is 5.63. The van der Waals surface area contributed by atoms with E-state index in [-0.39, 0.29) is 12.4 Å². The molecule has 2 heterocycles. The number of piperazine rings is 1. The molecule has 3 rings (SSSR count). The predicted molar refractivity (Wildman–Crippen MR) is 83.5 cm³/mol. The Morgan fingerprint density at radius 3 is 2.65 bits per heavy atom. The summed E-state index contributed by atoms with van der Waals surface area (Å²) in [5, 5.41) is 12.9. The Kier molecular flexibility index (Phi) is 5.66. The van der Waals surface area contributed by atoms with Crippen molar-refractivity contribution >= 4 is 12.4 Å². The number of aromatic hydroxyl groups is 1. The summed E-state index contributed by atoms with van der Waals surface area (Å²) in [6, 6.07) is 8.36. The van der Waals surface area contributed by atoms with E-state index in [1.165, 1.54) is 31.6 Å². The topological polar surface area (TPSA) is 38.7 Å². The molecule has 2 N–H and O–H groups in total. The maximum absolute atomic E-state index is 9.49. The van der Waals surface area contributed by atoms with Gasteiger partial charge in [-0.3, -0.25) is 9.80 Å². The first-order valence-corrected chi connectivity index (χ1v) is 7.26. The fraction of sp³-hybridized carbons (Fsp3) is 0.600. The van der Waals surface area contributed by atoms with E-state index in [1.54, 1.807) is 6.07 Å². The summed E-state index contributed by atoms with van der Waals surface area (Å²) >= 11 is 0. The monoisotopic (exact) mass is 297 g/mol. The van der Waals surface area contributed by atoms with Crippen LogP contribution in [-0.4, -0.2) is 60.2 Å². The highest BCUT2D eigenvalue weighted by Gasteiger charge is 2.25. The number of nitrogens with one attached hydrogen (secondary N) is 1. The molecular weight excluding hydrogens is 274 g/mol. The Balaban J connectivity index is 0.00000147. The number of nitrogens with zero attached hydrogens (tertiary/aromatic N) is 2. The normalized spacial score (nSPS) is 24.5. The third kappa shape index (κ3) is 3.85. The fourth-order valence-corrected chi connectivity index (χ4v) is 3.15. The van der Waals surface area contributed by atoms with Crippen LogP contribution in [0.3, 0.4) is 0 Å². The summed E-state index contributed by atoms with van der Waals surface area (Å²) in [7, 11) is 0. The van der Waals surface area contributed by atoms with Crippen LogP contribution in [0.4, 0.5) is 0 Å². The number of hydrogen-bond donors (Lipinski definition) is 2. The lowest BCUT2D eigenvalue weighted by molar-refractivity contribution is 0.0981. The van der Waals surface area contributed by atoms with Gasteiger partial charge < -0.3 is 10.4 Å². The first-order valence-electron chi connectivity index (χ1n) is 7.26. The van der Waals surface area contributed by atoms with E-state index in [1.807, 2.05) is 12.1 Å². The van der Waals surface area contributed by atoms with Crippen molar-refractivity contribution in [2.75, 3.05) is 39.3 Å². The predicted octanol–water partition coefficient (Wildman–Crippen LogP) is 1.29. The van der Waals surface area contributed by atoms with Gasteiger partial charge in [-0.15, -0.1) is 12.4 Å². The molecule has 5 heteroatoms. The molecule has 2 fully saturated rings. The van der Waals surface area contributed by atoms with Crippen molar-refractivity contribution in [2.45, 2.75) is 19.0 Å². The number of rotatable bonds is 3. The van der Waals surface area contributed by atoms with Crippen LogP contribution in [0, 0.1) is 0 Å². The minimum atomic E-state index is 0. The van der Waals surface area contributed by atoms with E-state index in [0.29, 0.717) is 5.75 Å². The van der Waals surface area contributed by atoms with Crippen molar-refractivity contribution in [1.82, 2.24) is 15.1 Å². The van der Waals surface area contributed by atoms with E-state index in [9.17, 15) is 5.11 Å². The van der Waals surface area contributed by atoms with Gasteiger partial charge in [0.15, 0.2) is 0 Å². The SMILES string of the molecule is Cl.Oc1cccc(CN2CCN(C3CCNC3)CC2)c1. The van der Waals surface area contributed by atoms with Crippen LogP contribution < -0.4 is 5.32 Å². The van der Waals surface area contributed by atoms with Gasteiger partial charge in [0, 0.05) is 45.3 Å². The smallest absolute Gasteiger partial charge is 0.115 e. The highest BCUT2D eigenvalue weighted by Crippen LogP contribution is 2.16. The van der Waals surface area contributed by atoms with Gasteiger partial charge in [0.05, 0.1) is 0 Å². The minimum absolute atomic E-state index is 0. The Hall–Kier alpha value is -0.810. The van der Waals surface area contributed by atoms with E-state index in [4.69, 9.17) is 0 Å². The Labute approximate surface area is 127 Å². The third-order valence-corrected chi connectivity index (χ3v) is 4.27. The summed E-state index contributed by atoms with van der Waals surface area (Å²) < 4.78 is 0. The Morgan fingerprint density at radius 1 is 1.20 bits per heavy atom. The second-order valence-electron chi connectivity index (χ2n) is 5.63. The molecule has 1 aromatic carbocycles. The molecule has 0 bridgehead atoms. The van der Waals surface area contributed by atoms with Crippen molar-refractivity contribution in [3.8, 4) is 5.75 Å². The summed E-state index contributed by atoms with van der Waals surface area (Å²) in [5.74, 6) is 0.369. The van der Waals surface area contributed by atoms with Crippen LogP contribution in [0.15, 0.2) is 24.3 Å². The van der Waals surface area contributed by atoms with Crippen molar-refractivity contribution in [3.05, 3.63) is 29.8 Å². The molecule has 2 saturated heterocycles. The quantitative estimate of drug-likeness (QED) is 0.882. The molecule has 0 amide bonds.